The van der Waals surface area contributed by atoms with Crippen molar-refractivity contribution in [2.75, 3.05) is 13.7 Å². The number of ether oxygens (including phenoxy) is 1. The van der Waals surface area contributed by atoms with E-state index in [9.17, 15) is 8.42 Å². The van der Waals surface area contributed by atoms with Crippen LogP contribution in [0.5, 0.6) is 5.75 Å². The maximum absolute atomic E-state index is 12.0. The fourth-order valence-electron chi connectivity index (χ4n) is 1.65. The molecule has 7 heteroatoms. The number of sulfonamides is 1. The highest BCUT2D eigenvalue weighted by Gasteiger charge is 2.13. The molecule has 20 heavy (non-hydrogen) atoms. The summed E-state index contributed by atoms with van der Waals surface area (Å²) < 4.78 is 36.8. The Hall–Kier alpha value is -1.86. The average Bonchev–Trinajstić information content (AvgIpc) is 2.84. The van der Waals surface area contributed by atoms with E-state index < -0.39 is 10.0 Å². The number of nitrogens with zero attached hydrogens (tertiary/aromatic N) is 1. The van der Waals surface area contributed by atoms with E-state index in [1.165, 1.54) is 19.2 Å². The van der Waals surface area contributed by atoms with Crippen LogP contribution in [0, 0.1) is 6.92 Å². The Kier molecular flexibility index (Phi) is 4.41. The predicted molar refractivity (Wildman–Crippen MR) is 73.1 cm³/mol. The standard InChI is InChI=1S/C13H16N2O4S/c1-10-9-14-13(19-10)7-8-15-20(16,17)12-5-3-11(18-2)4-6-12/h3-6,9,15H,7-8H2,1-2H3. The number of aromatic nitrogens is 1. The number of methoxy groups -OCH3 is 1. The summed E-state index contributed by atoms with van der Waals surface area (Å²) in [5.74, 6) is 1.83. The zero-order valence-corrected chi connectivity index (χ0v) is 12.1. The number of rotatable bonds is 6. The molecule has 1 aromatic heterocycles. The molecule has 0 aliphatic rings. The van der Waals surface area contributed by atoms with Gasteiger partial charge in [-0.05, 0) is 31.2 Å². The summed E-state index contributed by atoms with van der Waals surface area (Å²) in [4.78, 5) is 4.21. The molecule has 0 spiro atoms. The number of hydrogen-bond donors (Lipinski definition) is 1. The van der Waals surface area contributed by atoms with E-state index in [4.69, 9.17) is 9.15 Å². The van der Waals surface area contributed by atoms with E-state index in [0.717, 1.165) is 0 Å². The Labute approximate surface area is 117 Å². The van der Waals surface area contributed by atoms with Gasteiger partial charge in [0.15, 0.2) is 5.89 Å². The first-order chi connectivity index (χ1) is 9.51. The summed E-state index contributed by atoms with van der Waals surface area (Å²) in [6.07, 6.45) is 2.01. The summed E-state index contributed by atoms with van der Waals surface area (Å²) in [7, 11) is -2.00. The number of hydrogen-bond acceptors (Lipinski definition) is 5. The Morgan fingerprint density at radius 2 is 2.00 bits per heavy atom. The lowest BCUT2D eigenvalue weighted by Gasteiger charge is -2.06. The molecule has 1 heterocycles. The predicted octanol–water partition coefficient (Wildman–Crippen LogP) is 1.51. The second-order valence-corrected chi connectivity index (χ2v) is 5.95. The number of benzene rings is 1. The van der Waals surface area contributed by atoms with Crippen LogP contribution in [0.25, 0.3) is 0 Å². The van der Waals surface area contributed by atoms with E-state index in [-0.39, 0.29) is 11.4 Å². The summed E-state index contributed by atoms with van der Waals surface area (Å²) in [5.41, 5.74) is 0. The molecule has 0 unspecified atom stereocenters. The number of nitrogens with one attached hydrogen (secondary N) is 1. The fraction of sp³-hybridized carbons (Fsp3) is 0.308. The summed E-state index contributed by atoms with van der Waals surface area (Å²) in [6.45, 7) is 2.02. The molecule has 1 aromatic carbocycles. The van der Waals surface area contributed by atoms with Gasteiger partial charge < -0.3 is 9.15 Å². The van der Waals surface area contributed by atoms with Gasteiger partial charge in [0, 0.05) is 13.0 Å². The van der Waals surface area contributed by atoms with Crippen LogP contribution < -0.4 is 9.46 Å². The van der Waals surface area contributed by atoms with E-state index in [1.807, 2.05) is 0 Å². The van der Waals surface area contributed by atoms with Crippen LogP contribution in [-0.2, 0) is 16.4 Å². The van der Waals surface area contributed by atoms with Gasteiger partial charge in [0.2, 0.25) is 10.0 Å². The van der Waals surface area contributed by atoms with Crippen molar-refractivity contribution in [3.05, 3.63) is 42.1 Å². The van der Waals surface area contributed by atoms with Crippen LogP contribution in [0.2, 0.25) is 0 Å². The van der Waals surface area contributed by atoms with Gasteiger partial charge >= 0.3 is 0 Å². The van der Waals surface area contributed by atoms with Crippen LogP contribution in [0.4, 0.5) is 0 Å². The van der Waals surface area contributed by atoms with E-state index in [2.05, 4.69) is 9.71 Å². The lowest BCUT2D eigenvalue weighted by atomic mass is 10.3. The second kappa shape index (κ2) is 6.06. The van der Waals surface area contributed by atoms with Crippen LogP contribution in [-0.4, -0.2) is 27.1 Å². The molecule has 0 bridgehead atoms. The molecule has 0 aliphatic heterocycles. The van der Waals surface area contributed by atoms with Crippen LogP contribution in [0.15, 0.2) is 39.8 Å². The van der Waals surface area contributed by atoms with E-state index in [0.29, 0.717) is 23.8 Å². The van der Waals surface area contributed by atoms with Crippen molar-refractivity contribution >= 4 is 10.0 Å². The monoisotopic (exact) mass is 296 g/mol. The fourth-order valence-corrected chi connectivity index (χ4v) is 2.68. The molecule has 2 aromatic rings. The lowest BCUT2D eigenvalue weighted by molar-refractivity contribution is 0.414. The SMILES string of the molecule is COc1ccc(S(=O)(=O)NCCc2ncc(C)o2)cc1. The van der Waals surface area contributed by atoms with Crippen molar-refractivity contribution in [3.8, 4) is 5.75 Å². The number of aryl methyl sites for hydroxylation is 1. The molecule has 0 atom stereocenters. The maximum atomic E-state index is 12.0. The van der Waals surface area contributed by atoms with Gasteiger partial charge in [-0.3, -0.25) is 0 Å². The highest BCUT2D eigenvalue weighted by atomic mass is 32.2. The first-order valence-corrected chi connectivity index (χ1v) is 7.54. The van der Waals surface area contributed by atoms with Crippen molar-refractivity contribution in [2.24, 2.45) is 0 Å². The molecule has 0 aliphatic carbocycles. The number of oxazole rings is 1. The van der Waals surface area contributed by atoms with Crippen LogP contribution >= 0.6 is 0 Å². The zero-order valence-electron chi connectivity index (χ0n) is 11.3. The quantitative estimate of drug-likeness (QED) is 0.874. The van der Waals surface area contributed by atoms with Crippen molar-refractivity contribution in [2.45, 2.75) is 18.2 Å². The van der Waals surface area contributed by atoms with E-state index >= 15 is 0 Å². The third-order valence-electron chi connectivity index (χ3n) is 2.67. The summed E-state index contributed by atoms with van der Waals surface area (Å²) in [6, 6.07) is 6.20. The van der Waals surface area contributed by atoms with Crippen molar-refractivity contribution < 1.29 is 17.6 Å². The van der Waals surface area contributed by atoms with E-state index in [1.54, 1.807) is 25.3 Å². The second-order valence-electron chi connectivity index (χ2n) is 4.19. The van der Waals surface area contributed by atoms with Gasteiger partial charge in [-0.2, -0.15) is 0 Å². The molecular weight excluding hydrogens is 280 g/mol. The molecule has 1 N–H and O–H groups in total. The van der Waals surface area contributed by atoms with Gasteiger partial charge in [-0.1, -0.05) is 0 Å². The third-order valence-corrected chi connectivity index (χ3v) is 4.15. The largest absolute Gasteiger partial charge is 0.497 e. The molecule has 2 rings (SSSR count). The summed E-state index contributed by atoms with van der Waals surface area (Å²) >= 11 is 0. The highest BCUT2D eigenvalue weighted by molar-refractivity contribution is 7.89. The molecule has 6 nitrogen and oxygen atoms in total. The van der Waals surface area contributed by atoms with Gasteiger partial charge in [-0.15, -0.1) is 0 Å². The Morgan fingerprint density at radius 3 is 2.55 bits per heavy atom. The first kappa shape index (κ1) is 14.5. The molecule has 108 valence electrons. The third kappa shape index (κ3) is 3.58. The minimum atomic E-state index is -3.52. The normalized spacial score (nSPS) is 11.5. The molecule has 0 fully saturated rings. The minimum absolute atomic E-state index is 0.196. The van der Waals surface area contributed by atoms with Gasteiger partial charge in [0.1, 0.15) is 11.5 Å². The molecule has 0 saturated carbocycles. The van der Waals surface area contributed by atoms with Gasteiger partial charge in [0.05, 0.1) is 18.2 Å². The highest BCUT2D eigenvalue weighted by Crippen LogP contribution is 2.15. The Morgan fingerprint density at radius 1 is 1.30 bits per heavy atom. The molecule has 0 radical (unpaired) electrons. The molecule has 0 amide bonds. The smallest absolute Gasteiger partial charge is 0.240 e. The lowest BCUT2D eigenvalue weighted by Crippen LogP contribution is -2.26. The molecule has 0 saturated heterocycles. The Balaban J connectivity index is 1.96. The van der Waals surface area contributed by atoms with Crippen molar-refractivity contribution in [1.82, 2.24) is 9.71 Å². The maximum Gasteiger partial charge on any atom is 0.240 e. The topological polar surface area (TPSA) is 81.4 Å². The minimum Gasteiger partial charge on any atom is -0.497 e. The average molecular weight is 296 g/mol. The summed E-state index contributed by atoms with van der Waals surface area (Å²) in [5, 5.41) is 0. The van der Waals surface area contributed by atoms with Gasteiger partial charge in [-0.25, -0.2) is 18.1 Å². The van der Waals surface area contributed by atoms with Gasteiger partial charge in [0.25, 0.3) is 0 Å². The molecular formula is C13H16N2O4S. The first-order valence-electron chi connectivity index (χ1n) is 6.06. The van der Waals surface area contributed by atoms with Crippen molar-refractivity contribution in [3.63, 3.8) is 0 Å². The van der Waals surface area contributed by atoms with Crippen LogP contribution in [0.3, 0.4) is 0 Å². The zero-order chi connectivity index (χ0) is 14.6. The van der Waals surface area contributed by atoms with Crippen molar-refractivity contribution in [1.29, 1.82) is 0 Å². The van der Waals surface area contributed by atoms with Crippen LogP contribution in [0.1, 0.15) is 11.7 Å². The Bertz CT molecular complexity index is 662.